The molecule has 172 valence electrons. The topological polar surface area (TPSA) is 80.8 Å². The third-order valence-corrected chi connectivity index (χ3v) is 7.97. The Balaban J connectivity index is 1.01. The van der Waals surface area contributed by atoms with E-state index in [9.17, 15) is 19.2 Å². The van der Waals surface area contributed by atoms with Gasteiger partial charge in [-0.15, -0.1) is 0 Å². The summed E-state index contributed by atoms with van der Waals surface area (Å²) in [6.45, 7) is -0.355. The molecule has 1 heterocycles. The molecular formula is C28H25NO5. The zero-order chi connectivity index (χ0) is 23.4. The third-order valence-electron chi connectivity index (χ3n) is 7.97. The van der Waals surface area contributed by atoms with Crippen LogP contribution in [0.2, 0.25) is 0 Å². The molecule has 0 radical (unpaired) electrons. The Morgan fingerprint density at radius 3 is 2.03 bits per heavy atom. The number of rotatable bonds is 7. The summed E-state index contributed by atoms with van der Waals surface area (Å²) in [5.41, 5.74) is 2.51. The van der Waals surface area contributed by atoms with Crippen LogP contribution >= 0.6 is 0 Å². The Morgan fingerprint density at radius 2 is 1.41 bits per heavy atom. The lowest BCUT2D eigenvalue weighted by Crippen LogP contribution is -2.40. The molecule has 34 heavy (non-hydrogen) atoms. The van der Waals surface area contributed by atoms with Crippen molar-refractivity contribution in [2.75, 3.05) is 13.2 Å². The lowest BCUT2D eigenvalue weighted by Gasteiger charge is -2.37. The standard InChI is InChI=1S/C28H25NO5/c30-23(18-8-6-17(7-9-18)16-4-2-1-3-5-16)15-34-24(31)12-13-29-27(32)25-19-10-11-20(22-14-21(19)22)26(25)28(29)33/h1-11,19-22,25-26H,12-15H2/t19-,20+,21-,22-,25+,26+/m1/s1. The lowest BCUT2D eigenvalue weighted by molar-refractivity contribution is -0.145. The number of hydrogen-bond donors (Lipinski definition) is 0. The predicted octanol–water partition coefficient (Wildman–Crippen LogP) is 3.52. The highest BCUT2D eigenvalue weighted by Gasteiger charge is 2.66. The molecule has 0 unspecified atom stereocenters. The minimum atomic E-state index is -0.589. The van der Waals surface area contributed by atoms with Gasteiger partial charge < -0.3 is 4.74 Å². The molecule has 7 rings (SSSR count). The number of ether oxygens (including phenoxy) is 1. The van der Waals surface area contributed by atoms with Crippen LogP contribution in [0.3, 0.4) is 0 Å². The highest BCUT2D eigenvalue weighted by Crippen LogP contribution is 2.65. The maximum Gasteiger partial charge on any atom is 0.308 e. The van der Waals surface area contributed by atoms with E-state index >= 15 is 0 Å². The number of amides is 2. The van der Waals surface area contributed by atoms with E-state index in [0.29, 0.717) is 17.4 Å². The second-order valence-electron chi connectivity index (χ2n) is 9.76. The van der Waals surface area contributed by atoms with Crippen molar-refractivity contribution >= 4 is 23.6 Å². The number of benzene rings is 2. The molecule has 6 nitrogen and oxygen atoms in total. The van der Waals surface area contributed by atoms with Crippen molar-refractivity contribution in [2.45, 2.75) is 12.8 Å². The first-order valence-electron chi connectivity index (χ1n) is 11.9. The van der Waals surface area contributed by atoms with Crippen molar-refractivity contribution in [1.29, 1.82) is 0 Å². The quantitative estimate of drug-likeness (QED) is 0.276. The maximum absolute atomic E-state index is 13.0. The summed E-state index contributed by atoms with van der Waals surface area (Å²) in [5.74, 6) is -0.285. The summed E-state index contributed by atoms with van der Waals surface area (Å²) >= 11 is 0. The van der Waals surface area contributed by atoms with Crippen LogP contribution in [0.25, 0.3) is 11.1 Å². The van der Waals surface area contributed by atoms with Gasteiger partial charge in [0.05, 0.1) is 18.3 Å². The van der Waals surface area contributed by atoms with Gasteiger partial charge in [-0.1, -0.05) is 66.7 Å². The van der Waals surface area contributed by atoms with Crippen LogP contribution < -0.4 is 0 Å². The van der Waals surface area contributed by atoms with E-state index in [1.165, 1.54) is 4.90 Å². The molecule has 2 aromatic carbocycles. The smallest absolute Gasteiger partial charge is 0.308 e. The molecule has 0 N–H and O–H groups in total. The zero-order valence-corrected chi connectivity index (χ0v) is 18.6. The van der Waals surface area contributed by atoms with E-state index in [4.69, 9.17) is 4.74 Å². The van der Waals surface area contributed by atoms with Crippen LogP contribution in [0, 0.1) is 35.5 Å². The van der Waals surface area contributed by atoms with Crippen LogP contribution in [0.4, 0.5) is 0 Å². The Morgan fingerprint density at radius 1 is 0.824 bits per heavy atom. The van der Waals surface area contributed by atoms with Gasteiger partial charge in [-0.05, 0) is 41.2 Å². The van der Waals surface area contributed by atoms with Gasteiger partial charge >= 0.3 is 5.97 Å². The molecule has 4 aliphatic carbocycles. The van der Waals surface area contributed by atoms with E-state index in [-0.39, 0.29) is 60.8 Å². The fraction of sp³-hybridized carbons (Fsp3) is 0.357. The monoisotopic (exact) mass is 455 g/mol. The lowest BCUT2D eigenvalue weighted by atomic mass is 9.63. The number of carbonyl (C=O) groups is 4. The summed E-state index contributed by atoms with van der Waals surface area (Å²) in [6.07, 6.45) is 5.26. The molecule has 2 amide bonds. The molecule has 0 aromatic heterocycles. The minimum absolute atomic E-state index is 0.0121. The highest BCUT2D eigenvalue weighted by molar-refractivity contribution is 6.06. The van der Waals surface area contributed by atoms with E-state index in [1.54, 1.807) is 12.1 Å². The first-order valence-corrected chi connectivity index (χ1v) is 11.9. The minimum Gasteiger partial charge on any atom is -0.457 e. The van der Waals surface area contributed by atoms with E-state index in [2.05, 4.69) is 12.2 Å². The fourth-order valence-electron chi connectivity index (χ4n) is 6.22. The van der Waals surface area contributed by atoms with Gasteiger partial charge in [0.25, 0.3) is 0 Å². The SMILES string of the molecule is O=C(CCN1C(=O)[C@H]2[C@@H]3C=C[C@@H]([C@H]4C[C@H]34)[C@@H]2C1=O)OCC(=O)c1ccc(-c2ccccc2)cc1. The first kappa shape index (κ1) is 21.0. The van der Waals surface area contributed by atoms with Crippen molar-refractivity contribution in [2.24, 2.45) is 35.5 Å². The van der Waals surface area contributed by atoms with E-state index in [0.717, 1.165) is 17.5 Å². The average Bonchev–Trinajstić information content (AvgIpc) is 3.66. The van der Waals surface area contributed by atoms with Crippen LogP contribution in [-0.4, -0.2) is 41.6 Å². The second kappa shape index (κ2) is 8.05. The van der Waals surface area contributed by atoms with E-state index in [1.807, 2.05) is 42.5 Å². The summed E-state index contributed by atoms with van der Waals surface area (Å²) < 4.78 is 5.15. The number of allylic oxidation sites excluding steroid dienone is 2. The zero-order valence-electron chi connectivity index (χ0n) is 18.6. The number of nitrogens with zero attached hydrogens (tertiary/aromatic N) is 1. The van der Waals surface area contributed by atoms with Crippen molar-refractivity contribution in [3.05, 3.63) is 72.3 Å². The normalized spacial score (nSPS) is 30.2. The summed E-state index contributed by atoms with van der Waals surface area (Å²) in [7, 11) is 0. The van der Waals surface area contributed by atoms with E-state index < -0.39 is 5.97 Å². The van der Waals surface area contributed by atoms with Crippen molar-refractivity contribution in [3.8, 4) is 11.1 Å². The number of carbonyl (C=O) groups excluding carboxylic acids is 4. The second-order valence-corrected chi connectivity index (χ2v) is 9.76. The van der Waals surface area contributed by atoms with Crippen molar-refractivity contribution in [3.63, 3.8) is 0 Å². The number of esters is 1. The van der Waals surface area contributed by atoms with Gasteiger partial charge in [0.1, 0.15) is 0 Å². The average molecular weight is 456 g/mol. The fourth-order valence-corrected chi connectivity index (χ4v) is 6.22. The molecule has 0 spiro atoms. The Hall–Kier alpha value is -3.54. The Kier molecular flexibility index (Phi) is 4.97. The number of imide groups is 1. The summed E-state index contributed by atoms with van der Waals surface area (Å²) in [6, 6.07) is 17.0. The number of ketones is 1. The summed E-state index contributed by atoms with van der Waals surface area (Å²) in [4.78, 5) is 51.9. The molecule has 2 saturated carbocycles. The van der Waals surface area contributed by atoms with Crippen molar-refractivity contribution in [1.82, 2.24) is 4.90 Å². The largest absolute Gasteiger partial charge is 0.457 e. The van der Waals surface area contributed by atoms with Gasteiger partial charge in [-0.25, -0.2) is 0 Å². The number of hydrogen-bond acceptors (Lipinski definition) is 5. The first-order chi connectivity index (χ1) is 16.5. The molecule has 2 bridgehead atoms. The molecule has 2 aromatic rings. The van der Waals surface area contributed by atoms with Gasteiger partial charge in [0, 0.05) is 12.1 Å². The molecule has 3 fully saturated rings. The Bertz CT molecular complexity index is 1170. The molecule has 5 aliphatic rings. The number of likely N-dealkylation sites (tertiary alicyclic amines) is 1. The maximum atomic E-state index is 13.0. The van der Waals surface area contributed by atoms with Gasteiger partial charge in [-0.3, -0.25) is 24.1 Å². The Labute approximate surface area is 197 Å². The van der Waals surface area contributed by atoms with Gasteiger partial charge in [0.15, 0.2) is 12.4 Å². The molecular weight excluding hydrogens is 430 g/mol. The molecule has 6 heteroatoms. The van der Waals surface area contributed by atoms with Gasteiger partial charge in [-0.2, -0.15) is 0 Å². The predicted molar refractivity (Wildman–Crippen MR) is 123 cm³/mol. The van der Waals surface area contributed by atoms with Crippen LogP contribution in [-0.2, 0) is 19.1 Å². The third kappa shape index (κ3) is 3.40. The van der Waals surface area contributed by atoms with Crippen molar-refractivity contribution < 1.29 is 23.9 Å². The van der Waals surface area contributed by atoms with Crippen LogP contribution in [0.5, 0.6) is 0 Å². The number of Topliss-reactive ketones (excluding diaryl/α,β-unsaturated/α-hetero) is 1. The molecule has 1 aliphatic heterocycles. The van der Waals surface area contributed by atoms with Gasteiger partial charge in [0.2, 0.25) is 11.8 Å². The van der Waals surface area contributed by atoms with Crippen LogP contribution in [0.15, 0.2) is 66.7 Å². The molecule has 1 saturated heterocycles. The van der Waals surface area contributed by atoms with Crippen LogP contribution in [0.1, 0.15) is 23.2 Å². The highest BCUT2D eigenvalue weighted by atomic mass is 16.5. The summed E-state index contributed by atoms with van der Waals surface area (Å²) in [5, 5.41) is 0. The molecule has 6 atom stereocenters.